The van der Waals surface area contributed by atoms with Crippen LogP contribution < -0.4 is 0 Å². The van der Waals surface area contributed by atoms with Gasteiger partial charge in [0.05, 0.1) is 0 Å². The molecule has 92 valence electrons. The lowest BCUT2D eigenvalue weighted by Crippen LogP contribution is -2.01. The normalized spacial score (nSPS) is 9.62. The van der Waals surface area contributed by atoms with E-state index in [1.165, 1.54) is 6.07 Å². The molecular weight excluding hydrogens is 203 g/mol. The Balaban J connectivity index is 0.00000106. The highest BCUT2D eigenvalue weighted by Crippen LogP contribution is 2.28. The average molecular weight is 226 g/mol. The molecule has 0 fully saturated rings. The molecule has 1 rings (SSSR count). The summed E-state index contributed by atoms with van der Waals surface area (Å²) in [5, 5.41) is 9.58. The Labute approximate surface area is 98.3 Å². The molecular formula is C14H23FO. The van der Waals surface area contributed by atoms with Crippen LogP contribution in [0.2, 0.25) is 0 Å². The van der Waals surface area contributed by atoms with E-state index in [0.717, 1.165) is 29.5 Å². The molecule has 0 heterocycles. The first-order valence-corrected chi connectivity index (χ1v) is 6.17. The van der Waals surface area contributed by atoms with Crippen molar-refractivity contribution >= 4 is 0 Å². The zero-order valence-corrected chi connectivity index (χ0v) is 11.0. The van der Waals surface area contributed by atoms with Crippen molar-refractivity contribution in [1.29, 1.82) is 0 Å². The largest absolute Gasteiger partial charge is 0.508 e. The van der Waals surface area contributed by atoms with Gasteiger partial charge in [-0.2, -0.15) is 0 Å². The quantitative estimate of drug-likeness (QED) is 0.817. The fourth-order valence-electron chi connectivity index (χ4n) is 1.98. The molecule has 0 atom stereocenters. The maximum atomic E-state index is 13.5. The minimum Gasteiger partial charge on any atom is -0.508 e. The fourth-order valence-corrected chi connectivity index (χ4v) is 1.98. The maximum Gasteiger partial charge on any atom is 0.130 e. The SMILES string of the molecule is CC.CCc1c(O)cc(F)c(CC)c1CC. The second kappa shape index (κ2) is 7.26. The van der Waals surface area contributed by atoms with Gasteiger partial charge < -0.3 is 5.11 Å². The summed E-state index contributed by atoms with van der Waals surface area (Å²) in [6.07, 6.45) is 2.21. The summed E-state index contributed by atoms with van der Waals surface area (Å²) in [4.78, 5) is 0. The molecule has 0 aliphatic carbocycles. The second-order valence-electron chi connectivity index (χ2n) is 3.37. The van der Waals surface area contributed by atoms with Crippen LogP contribution in [0.15, 0.2) is 6.07 Å². The molecule has 0 radical (unpaired) electrons. The predicted molar refractivity (Wildman–Crippen MR) is 67.5 cm³/mol. The van der Waals surface area contributed by atoms with Gasteiger partial charge in [-0.25, -0.2) is 4.39 Å². The minimum atomic E-state index is -0.279. The molecule has 0 spiro atoms. The van der Waals surface area contributed by atoms with Crippen molar-refractivity contribution in [2.45, 2.75) is 53.9 Å². The Kier molecular flexibility index (Phi) is 6.78. The van der Waals surface area contributed by atoms with E-state index < -0.39 is 0 Å². The number of phenols is 1. The molecule has 0 aromatic heterocycles. The summed E-state index contributed by atoms with van der Waals surface area (Å²) >= 11 is 0. The molecule has 1 N–H and O–H groups in total. The predicted octanol–water partition coefficient (Wildman–Crippen LogP) is 4.24. The molecule has 1 aromatic rings. The molecule has 0 amide bonds. The van der Waals surface area contributed by atoms with Gasteiger partial charge in [-0.3, -0.25) is 0 Å². The van der Waals surface area contributed by atoms with E-state index in [0.29, 0.717) is 6.42 Å². The summed E-state index contributed by atoms with van der Waals surface area (Å²) < 4.78 is 13.5. The van der Waals surface area contributed by atoms with Gasteiger partial charge in [0.15, 0.2) is 0 Å². The summed E-state index contributed by atoms with van der Waals surface area (Å²) in [5.74, 6) is -0.182. The van der Waals surface area contributed by atoms with Crippen LogP contribution in [0.3, 0.4) is 0 Å². The van der Waals surface area contributed by atoms with Gasteiger partial charge in [0, 0.05) is 6.07 Å². The van der Waals surface area contributed by atoms with Crippen LogP contribution in [0, 0.1) is 5.82 Å². The fraction of sp³-hybridized carbons (Fsp3) is 0.571. The number of phenolic OH excluding ortho intramolecular Hbond substituents is 1. The molecule has 0 saturated carbocycles. The Hall–Kier alpha value is -1.05. The average Bonchev–Trinajstić information content (AvgIpc) is 2.30. The maximum absolute atomic E-state index is 13.5. The third-order valence-electron chi connectivity index (χ3n) is 2.65. The van der Waals surface area contributed by atoms with E-state index in [-0.39, 0.29) is 11.6 Å². The highest BCUT2D eigenvalue weighted by molar-refractivity contribution is 5.45. The molecule has 1 aromatic carbocycles. The first kappa shape index (κ1) is 14.9. The first-order valence-electron chi connectivity index (χ1n) is 6.17. The van der Waals surface area contributed by atoms with E-state index in [1.54, 1.807) is 0 Å². The Morgan fingerprint density at radius 3 is 1.75 bits per heavy atom. The van der Waals surface area contributed by atoms with Gasteiger partial charge in [-0.05, 0) is 36.0 Å². The van der Waals surface area contributed by atoms with Gasteiger partial charge >= 0.3 is 0 Å². The van der Waals surface area contributed by atoms with Crippen molar-refractivity contribution in [2.24, 2.45) is 0 Å². The topological polar surface area (TPSA) is 20.2 Å². The summed E-state index contributed by atoms with van der Waals surface area (Å²) in [6, 6.07) is 1.23. The van der Waals surface area contributed by atoms with Crippen molar-refractivity contribution in [2.75, 3.05) is 0 Å². The zero-order valence-electron chi connectivity index (χ0n) is 11.0. The van der Waals surface area contributed by atoms with Gasteiger partial charge in [0.25, 0.3) is 0 Å². The smallest absolute Gasteiger partial charge is 0.130 e. The number of rotatable bonds is 3. The summed E-state index contributed by atoms with van der Waals surface area (Å²) in [5.41, 5.74) is 2.63. The summed E-state index contributed by atoms with van der Waals surface area (Å²) in [6.45, 7) is 9.91. The van der Waals surface area contributed by atoms with Crippen LogP contribution in [-0.2, 0) is 19.3 Å². The highest BCUT2D eigenvalue weighted by Gasteiger charge is 2.13. The molecule has 0 saturated heterocycles. The van der Waals surface area contributed by atoms with Crippen LogP contribution in [0.5, 0.6) is 5.75 Å². The lowest BCUT2D eigenvalue weighted by atomic mass is 9.94. The van der Waals surface area contributed by atoms with Crippen LogP contribution in [-0.4, -0.2) is 5.11 Å². The molecule has 0 aliphatic heterocycles. The molecule has 2 heteroatoms. The van der Waals surface area contributed by atoms with Crippen molar-refractivity contribution in [3.05, 3.63) is 28.6 Å². The van der Waals surface area contributed by atoms with Crippen molar-refractivity contribution in [1.82, 2.24) is 0 Å². The van der Waals surface area contributed by atoms with Gasteiger partial charge in [0.1, 0.15) is 11.6 Å². The Morgan fingerprint density at radius 1 is 0.938 bits per heavy atom. The number of halogens is 1. The van der Waals surface area contributed by atoms with E-state index in [4.69, 9.17) is 0 Å². The van der Waals surface area contributed by atoms with Crippen molar-refractivity contribution in [3.63, 3.8) is 0 Å². The monoisotopic (exact) mass is 226 g/mol. The molecule has 0 bridgehead atoms. The van der Waals surface area contributed by atoms with Crippen LogP contribution in [0.25, 0.3) is 0 Å². The second-order valence-corrected chi connectivity index (χ2v) is 3.37. The van der Waals surface area contributed by atoms with Crippen molar-refractivity contribution < 1.29 is 9.50 Å². The van der Waals surface area contributed by atoms with E-state index >= 15 is 0 Å². The van der Waals surface area contributed by atoms with E-state index in [2.05, 4.69) is 0 Å². The third kappa shape index (κ3) is 2.97. The molecule has 16 heavy (non-hydrogen) atoms. The number of benzene rings is 1. The van der Waals surface area contributed by atoms with Crippen molar-refractivity contribution in [3.8, 4) is 5.75 Å². The van der Waals surface area contributed by atoms with Gasteiger partial charge in [-0.1, -0.05) is 34.6 Å². The molecule has 0 unspecified atom stereocenters. The standard InChI is InChI=1S/C12H17FO.C2H6/c1-4-8-9(5-2)11(13)7-12(14)10(8)6-3;1-2/h7,14H,4-6H2,1-3H3;1-2H3. The first-order chi connectivity index (χ1) is 7.65. The number of hydrogen-bond donors (Lipinski definition) is 1. The lowest BCUT2D eigenvalue weighted by Gasteiger charge is -2.14. The third-order valence-corrected chi connectivity index (χ3v) is 2.65. The zero-order chi connectivity index (χ0) is 12.7. The van der Waals surface area contributed by atoms with Crippen LogP contribution >= 0.6 is 0 Å². The van der Waals surface area contributed by atoms with Gasteiger partial charge in [-0.15, -0.1) is 0 Å². The Bertz CT molecular complexity index is 304. The van der Waals surface area contributed by atoms with E-state index in [9.17, 15) is 9.50 Å². The minimum absolute atomic E-state index is 0.0963. The lowest BCUT2D eigenvalue weighted by molar-refractivity contribution is 0.459. The number of hydrogen-bond acceptors (Lipinski definition) is 1. The van der Waals surface area contributed by atoms with Crippen LogP contribution in [0.4, 0.5) is 4.39 Å². The van der Waals surface area contributed by atoms with Crippen LogP contribution in [0.1, 0.15) is 51.3 Å². The molecule has 0 aliphatic rings. The number of aromatic hydroxyl groups is 1. The highest BCUT2D eigenvalue weighted by atomic mass is 19.1. The Morgan fingerprint density at radius 2 is 1.38 bits per heavy atom. The van der Waals surface area contributed by atoms with Gasteiger partial charge in [0.2, 0.25) is 0 Å². The van der Waals surface area contributed by atoms with E-state index in [1.807, 2.05) is 34.6 Å². The molecule has 1 nitrogen and oxygen atoms in total. The summed E-state index contributed by atoms with van der Waals surface area (Å²) in [7, 11) is 0.